The maximum atomic E-state index is 12.3. The fourth-order valence-corrected chi connectivity index (χ4v) is 2.91. The zero-order chi connectivity index (χ0) is 15.0. The number of hydrogen-bond acceptors (Lipinski definition) is 3. The molecule has 0 aromatic carbocycles. The molecule has 0 bridgehead atoms. The predicted molar refractivity (Wildman–Crippen MR) is 79.9 cm³/mol. The van der Waals surface area contributed by atoms with Gasteiger partial charge in [-0.15, -0.1) is 0 Å². The van der Waals surface area contributed by atoms with Gasteiger partial charge in [-0.2, -0.15) is 0 Å². The topological polar surface area (TPSA) is 64.0 Å². The summed E-state index contributed by atoms with van der Waals surface area (Å²) in [5.74, 6) is 1.62. The minimum atomic E-state index is -0.367. The molecule has 3 unspecified atom stereocenters. The number of aromatic nitrogens is 2. The van der Waals surface area contributed by atoms with E-state index in [1.165, 1.54) is 17.1 Å². The SMILES string of the molecule is CCNC(=O)c1cncn(CC2=CC3C(C)C3C=C2)c1=O. The minimum Gasteiger partial charge on any atom is -0.352 e. The Hall–Kier alpha value is -2.17. The number of rotatable bonds is 4. The molecule has 1 saturated carbocycles. The molecule has 0 aliphatic heterocycles. The summed E-state index contributed by atoms with van der Waals surface area (Å²) in [5.41, 5.74) is 0.908. The molecule has 1 amide bonds. The van der Waals surface area contributed by atoms with Gasteiger partial charge in [-0.05, 0) is 30.3 Å². The van der Waals surface area contributed by atoms with Crippen LogP contribution in [-0.4, -0.2) is 22.0 Å². The van der Waals surface area contributed by atoms with Crippen LogP contribution in [0.4, 0.5) is 0 Å². The average molecular weight is 285 g/mol. The number of nitrogens with zero attached hydrogens (tertiary/aromatic N) is 2. The highest BCUT2D eigenvalue weighted by molar-refractivity contribution is 5.93. The van der Waals surface area contributed by atoms with Gasteiger partial charge >= 0.3 is 0 Å². The number of carbonyl (C=O) groups is 1. The van der Waals surface area contributed by atoms with Crippen LogP contribution in [0, 0.1) is 17.8 Å². The lowest BCUT2D eigenvalue weighted by Crippen LogP contribution is -2.33. The summed E-state index contributed by atoms with van der Waals surface area (Å²) in [6, 6.07) is 0. The molecule has 110 valence electrons. The second kappa shape index (κ2) is 5.31. The van der Waals surface area contributed by atoms with Crippen LogP contribution in [0.1, 0.15) is 24.2 Å². The normalized spacial score (nSPS) is 26.0. The molecule has 1 aromatic rings. The molecule has 1 N–H and O–H groups in total. The molecule has 0 radical (unpaired) electrons. The number of carbonyl (C=O) groups excluding carboxylic acids is 1. The first-order chi connectivity index (χ1) is 10.1. The van der Waals surface area contributed by atoms with Crippen LogP contribution in [0.25, 0.3) is 0 Å². The molecular formula is C16H19N3O2. The molecule has 21 heavy (non-hydrogen) atoms. The number of hydrogen-bond donors (Lipinski definition) is 1. The summed E-state index contributed by atoms with van der Waals surface area (Å²) in [5, 5.41) is 2.63. The monoisotopic (exact) mass is 285 g/mol. The van der Waals surface area contributed by atoms with E-state index in [1.54, 1.807) is 0 Å². The van der Waals surface area contributed by atoms with Crippen LogP contribution in [0.2, 0.25) is 0 Å². The largest absolute Gasteiger partial charge is 0.352 e. The lowest BCUT2D eigenvalue weighted by atomic mass is 10.1. The van der Waals surface area contributed by atoms with E-state index in [9.17, 15) is 9.59 Å². The van der Waals surface area contributed by atoms with Gasteiger partial charge < -0.3 is 5.32 Å². The van der Waals surface area contributed by atoms with Gasteiger partial charge in [0.15, 0.2) is 0 Å². The Balaban J connectivity index is 1.82. The third-order valence-corrected chi connectivity index (χ3v) is 4.29. The van der Waals surface area contributed by atoms with Crippen LogP contribution in [0.5, 0.6) is 0 Å². The van der Waals surface area contributed by atoms with Crippen LogP contribution < -0.4 is 10.9 Å². The van der Waals surface area contributed by atoms with Gasteiger partial charge in [0.1, 0.15) is 5.56 Å². The lowest BCUT2D eigenvalue weighted by Gasteiger charge is -2.10. The third-order valence-electron chi connectivity index (χ3n) is 4.29. The van der Waals surface area contributed by atoms with Gasteiger partial charge in [-0.25, -0.2) is 4.98 Å². The zero-order valence-electron chi connectivity index (χ0n) is 12.2. The van der Waals surface area contributed by atoms with E-state index in [0.29, 0.717) is 30.8 Å². The van der Waals surface area contributed by atoms with Crippen molar-refractivity contribution in [2.75, 3.05) is 6.54 Å². The second-order valence-electron chi connectivity index (χ2n) is 5.71. The van der Waals surface area contributed by atoms with Crippen LogP contribution >= 0.6 is 0 Å². The van der Waals surface area contributed by atoms with Gasteiger partial charge in [0.05, 0.1) is 12.9 Å². The highest BCUT2D eigenvalue weighted by Gasteiger charge is 2.44. The first kappa shape index (κ1) is 13.8. The van der Waals surface area contributed by atoms with Crippen LogP contribution in [0.3, 0.4) is 0 Å². The standard InChI is InChI=1S/C16H19N3O2/c1-3-18-15(20)14-7-17-9-19(16(14)21)8-11-4-5-12-10(2)13(12)6-11/h4-7,9-10,12-13H,3,8H2,1-2H3,(H,18,20). The molecule has 3 atom stereocenters. The Morgan fingerprint density at radius 3 is 2.95 bits per heavy atom. The van der Waals surface area contributed by atoms with Gasteiger partial charge in [0.25, 0.3) is 11.5 Å². The molecule has 1 fully saturated rings. The van der Waals surface area contributed by atoms with Crippen molar-refractivity contribution in [1.82, 2.24) is 14.9 Å². The summed E-state index contributed by atoms with van der Waals surface area (Å²) in [6.07, 6.45) is 9.35. The minimum absolute atomic E-state index is 0.0948. The Morgan fingerprint density at radius 1 is 1.43 bits per heavy atom. The summed E-state index contributed by atoms with van der Waals surface area (Å²) in [7, 11) is 0. The van der Waals surface area contributed by atoms with E-state index < -0.39 is 0 Å². The predicted octanol–water partition coefficient (Wildman–Crippen LogP) is 1.37. The molecule has 0 saturated heterocycles. The maximum Gasteiger partial charge on any atom is 0.266 e. The highest BCUT2D eigenvalue weighted by atomic mass is 16.2. The van der Waals surface area contributed by atoms with E-state index in [2.05, 4.69) is 35.5 Å². The number of amides is 1. The lowest BCUT2D eigenvalue weighted by molar-refractivity contribution is 0.0953. The summed E-state index contributed by atoms with van der Waals surface area (Å²) < 4.78 is 1.49. The summed E-state index contributed by atoms with van der Waals surface area (Å²) >= 11 is 0. The first-order valence-electron chi connectivity index (χ1n) is 7.33. The Kier molecular flexibility index (Phi) is 3.49. The molecule has 1 heterocycles. The quantitative estimate of drug-likeness (QED) is 0.908. The van der Waals surface area contributed by atoms with Crippen LogP contribution in [-0.2, 0) is 6.54 Å². The average Bonchev–Trinajstić information content (AvgIpc) is 3.11. The van der Waals surface area contributed by atoms with Crippen molar-refractivity contribution in [1.29, 1.82) is 0 Å². The molecule has 5 heteroatoms. The molecule has 3 rings (SSSR count). The maximum absolute atomic E-state index is 12.3. The fraction of sp³-hybridized carbons (Fsp3) is 0.438. The summed E-state index contributed by atoms with van der Waals surface area (Å²) in [4.78, 5) is 28.2. The van der Waals surface area contributed by atoms with E-state index in [1.807, 2.05) is 6.92 Å². The van der Waals surface area contributed by atoms with Crippen molar-refractivity contribution < 1.29 is 4.79 Å². The van der Waals surface area contributed by atoms with Gasteiger partial charge in [-0.1, -0.05) is 25.2 Å². The van der Waals surface area contributed by atoms with Crippen molar-refractivity contribution in [3.8, 4) is 0 Å². The molecular weight excluding hydrogens is 266 g/mol. The molecule has 5 nitrogen and oxygen atoms in total. The first-order valence-corrected chi connectivity index (χ1v) is 7.33. The molecule has 0 spiro atoms. The number of allylic oxidation sites excluding steroid dienone is 4. The molecule has 2 aliphatic rings. The molecule has 1 aromatic heterocycles. The Morgan fingerprint density at radius 2 is 2.24 bits per heavy atom. The van der Waals surface area contributed by atoms with E-state index >= 15 is 0 Å². The number of fused-ring (bicyclic) bond motifs is 1. The van der Waals surface area contributed by atoms with Gasteiger partial charge in [-0.3, -0.25) is 14.2 Å². The van der Waals surface area contributed by atoms with Crippen LogP contribution in [0.15, 0.2) is 41.1 Å². The number of nitrogens with one attached hydrogen (secondary N) is 1. The van der Waals surface area contributed by atoms with Gasteiger partial charge in [0, 0.05) is 12.7 Å². The van der Waals surface area contributed by atoms with E-state index in [-0.39, 0.29) is 17.0 Å². The van der Waals surface area contributed by atoms with Gasteiger partial charge in [0.2, 0.25) is 0 Å². The zero-order valence-corrected chi connectivity index (χ0v) is 12.2. The highest BCUT2D eigenvalue weighted by Crippen LogP contribution is 2.50. The van der Waals surface area contributed by atoms with Crippen molar-refractivity contribution in [3.05, 3.63) is 52.2 Å². The molecule has 2 aliphatic carbocycles. The third kappa shape index (κ3) is 2.55. The van der Waals surface area contributed by atoms with E-state index in [4.69, 9.17) is 0 Å². The van der Waals surface area contributed by atoms with Crippen molar-refractivity contribution in [2.24, 2.45) is 17.8 Å². The van der Waals surface area contributed by atoms with Crippen molar-refractivity contribution >= 4 is 5.91 Å². The second-order valence-corrected chi connectivity index (χ2v) is 5.71. The Bertz CT molecular complexity index is 687. The summed E-state index contributed by atoms with van der Waals surface area (Å²) in [6.45, 7) is 5.01. The van der Waals surface area contributed by atoms with E-state index in [0.717, 1.165) is 5.57 Å². The van der Waals surface area contributed by atoms with Crippen molar-refractivity contribution in [3.63, 3.8) is 0 Å². The fourth-order valence-electron chi connectivity index (χ4n) is 2.91. The smallest absolute Gasteiger partial charge is 0.266 e. The van der Waals surface area contributed by atoms with Crippen molar-refractivity contribution in [2.45, 2.75) is 20.4 Å². The Labute approximate surface area is 123 Å².